The Hall–Kier alpha value is -3.81. The van der Waals surface area contributed by atoms with Crippen LogP contribution in [0.25, 0.3) is 10.8 Å². The molecule has 0 aliphatic carbocycles. The summed E-state index contributed by atoms with van der Waals surface area (Å²) < 4.78 is 26.9. The fraction of sp³-hybridized carbons (Fsp3) is 0.515. The van der Waals surface area contributed by atoms with Crippen LogP contribution in [0, 0.1) is 0 Å². The first-order valence-electron chi connectivity index (χ1n) is 16.0. The number of hydrogen-bond donors (Lipinski definition) is 2. The molecule has 0 bridgehead atoms. The number of carbonyl (C=O) groups is 1. The molecule has 2 N–H and O–H groups in total. The zero-order valence-electron chi connectivity index (χ0n) is 27.2. The number of sulfonamides is 1. The van der Waals surface area contributed by atoms with E-state index in [-0.39, 0.29) is 30.1 Å². The van der Waals surface area contributed by atoms with Crippen LogP contribution < -0.4 is 15.1 Å². The maximum absolute atomic E-state index is 12.6. The lowest BCUT2D eigenvalue weighted by molar-refractivity contribution is -0.133. The number of carbonyl (C=O) groups excluding carboxylic acids is 1. The number of pyridine rings is 1. The molecule has 0 radical (unpaired) electrons. The summed E-state index contributed by atoms with van der Waals surface area (Å²) in [6, 6.07) is 7.56. The Bertz CT molecular complexity index is 1750. The minimum Gasteiger partial charge on any atom is -0.390 e. The van der Waals surface area contributed by atoms with Crippen LogP contribution in [-0.4, -0.2) is 99.7 Å². The van der Waals surface area contributed by atoms with E-state index in [1.54, 1.807) is 16.6 Å². The van der Waals surface area contributed by atoms with E-state index in [0.29, 0.717) is 56.6 Å². The molecular formula is C33H44N8O4S. The first-order chi connectivity index (χ1) is 21.8. The van der Waals surface area contributed by atoms with Gasteiger partial charge in [0.05, 0.1) is 23.9 Å². The number of rotatable bonds is 9. The SMILES string of the molecule is C=CC(=O)N1CC[C@H]1c1ccc(N2C[C@H](N(C(C)C)S(C)(=O)=O)[C@H]2C)c2cnc(Nc3ccnc(N4CCC(C)(O)CC4)n3)cc12. The van der Waals surface area contributed by atoms with Crippen LogP contribution in [0.5, 0.6) is 0 Å². The lowest BCUT2D eigenvalue weighted by Gasteiger charge is -2.53. The number of hydrogen-bond acceptors (Lipinski definition) is 10. The maximum Gasteiger partial charge on any atom is 0.246 e. The summed E-state index contributed by atoms with van der Waals surface area (Å²) in [6.45, 7) is 14.0. The van der Waals surface area contributed by atoms with E-state index in [1.165, 1.54) is 12.3 Å². The molecule has 3 fully saturated rings. The molecule has 246 valence electrons. The number of likely N-dealkylation sites (tertiary alicyclic amines) is 1. The number of amides is 1. The van der Waals surface area contributed by atoms with Gasteiger partial charge in [-0.15, -0.1) is 0 Å². The van der Waals surface area contributed by atoms with Crippen molar-refractivity contribution in [1.29, 1.82) is 0 Å². The molecule has 3 atom stereocenters. The van der Waals surface area contributed by atoms with E-state index >= 15 is 0 Å². The first-order valence-corrected chi connectivity index (χ1v) is 17.8. The summed E-state index contributed by atoms with van der Waals surface area (Å²) in [7, 11) is -3.37. The van der Waals surface area contributed by atoms with Crippen LogP contribution in [0.4, 0.5) is 23.3 Å². The summed E-state index contributed by atoms with van der Waals surface area (Å²) in [4.78, 5) is 32.7. The lowest BCUT2D eigenvalue weighted by atomic mass is 9.88. The van der Waals surface area contributed by atoms with Gasteiger partial charge >= 0.3 is 0 Å². The highest BCUT2D eigenvalue weighted by molar-refractivity contribution is 7.88. The molecule has 0 unspecified atom stereocenters. The fourth-order valence-electron chi connectivity index (χ4n) is 7.05. The van der Waals surface area contributed by atoms with Gasteiger partial charge in [0.15, 0.2) is 0 Å². The summed E-state index contributed by atoms with van der Waals surface area (Å²) in [5.74, 6) is 1.72. The van der Waals surface area contributed by atoms with Crippen molar-refractivity contribution in [2.75, 3.05) is 47.6 Å². The minimum absolute atomic E-state index is 0.0375. The second-order valence-electron chi connectivity index (χ2n) is 13.3. The smallest absolute Gasteiger partial charge is 0.246 e. The van der Waals surface area contributed by atoms with Gasteiger partial charge < -0.3 is 25.1 Å². The predicted molar refractivity (Wildman–Crippen MR) is 181 cm³/mol. The van der Waals surface area contributed by atoms with Gasteiger partial charge in [0.1, 0.15) is 11.6 Å². The van der Waals surface area contributed by atoms with Gasteiger partial charge in [-0.05, 0) is 82.2 Å². The molecule has 5 heterocycles. The van der Waals surface area contributed by atoms with E-state index in [1.807, 2.05) is 37.9 Å². The second-order valence-corrected chi connectivity index (χ2v) is 15.2. The van der Waals surface area contributed by atoms with Crippen molar-refractivity contribution in [1.82, 2.24) is 24.2 Å². The Balaban J connectivity index is 1.33. The summed E-state index contributed by atoms with van der Waals surface area (Å²) in [5.41, 5.74) is 1.34. The highest BCUT2D eigenvalue weighted by Gasteiger charge is 2.45. The number of aliphatic hydroxyl groups is 1. The summed E-state index contributed by atoms with van der Waals surface area (Å²) in [6.07, 6.45) is 8.34. The molecule has 3 aromatic rings. The zero-order valence-corrected chi connectivity index (χ0v) is 28.0. The average molecular weight is 649 g/mol. The molecule has 1 amide bonds. The van der Waals surface area contributed by atoms with Crippen molar-refractivity contribution in [3.05, 3.63) is 54.9 Å². The molecule has 1 aromatic carbocycles. The van der Waals surface area contributed by atoms with Crippen LogP contribution in [0.2, 0.25) is 0 Å². The third kappa shape index (κ3) is 6.03. The predicted octanol–water partition coefficient (Wildman–Crippen LogP) is 3.83. The van der Waals surface area contributed by atoms with E-state index in [0.717, 1.165) is 28.4 Å². The van der Waals surface area contributed by atoms with Crippen molar-refractivity contribution in [3.8, 4) is 0 Å². The van der Waals surface area contributed by atoms with Crippen molar-refractivity contribution in [2.24, 2.45) is 0 Å². The van der Waals surface area contributed by atoms with E-state index in [9.17, 15) is 18.3 Å². The van der Waals surface area contributed by atoms with Crippen molar-refractivity contribution >= 4 is 50.0 Å². The lowest BCUT2D eigenvalue weighted by Crippen LogP contribution is -2.68. The number of piperidine rings is 1. The van der Waals surface area contributed by atoms with Gasteiger partial charge in [0.25, 0.3) is 0 Å². The number of fused-ring (bicyclic) bond motifs is 1. The largest absolute Gasteiger partial charge is 0.390 e. The first kappa shape index (κ1) is 32.1. The summed E-state index contributed by atoms with van der Waals surface area (Å²) >= 11 is 0. The van der Waals surface area contributed by atoms with E-state index in [2.05, 4.69) is 45.7 Å². The Labute approximate surface area is 271 Å². The number of nitrogens with one attached hydrogen (secondary N) is 1. The van der Waals surface area contributed by atoms with Gasteiger partial charge in [-0.3, -0.25) is 4.79 Å². The van der Waals surface area contributed by atoms with Gasteiger partial charge in [-0.2, -0.15) is 9.29 Å². The minimum atomic E-state index is -3.37. The standard InChI is InChI=1S/C33H44N8O4S/c1-7-31(42)39-15-11-27(39)23-8-9-26(40-20-28(22(40)4)41(21(2)3)46(6,44)45)25-19-35-30(18-24(23)25)36-29-10-14-34-32(37-29)38-16-12-33(5,43)13-17-38/h7-10,14,18-19,21-22,27-28,43H,1,11-13,15-17,20H2,2-6H3,(H,34,35,36,37)/t22-,27+,28+/m1/s1. The molecule has 13 heteroatoms. The Kier molecular flexibility index (Phi) is 8.45. The topological polar surface area (TPSA) is 135 Å². The van der Waals surface area contributed by atoms with Gasteiger partial charge in [0, 0.05) is 61.7 Å². The number of anilines is 4. The van der Waals surface area contributed by atoms with Crippen LogP contribution >= 0.6 is 0 Å². The normalized spacial score (nSPS) is 23.0. The van der Waals surface area contributed by atoms with Gasteiger partial charge in [0.2, 0.25) is 21.9 Å². The Morgan fingerprint density at radius 3 is 2.50 bits per heavy atom. The van der Waals surface area contributed by atoms with Crippen molar-refractivity contribution < 1.29 is 18.3 Å². The van der Waals surface area contributed by atoms with Crippen LogP contribution in [0.1, 0.15) is 58.6 Å². The van der Waals surface area contributed by atoms with Crippen LogP contribution in [0.15, 0.2) is 49.3 Å². The van der Waals surface area contributed by atoms with Gasteiger partial charge in [-0.1, -0.05) is 12.6 Å². The Morgan fingerprint density at radius 2 is 1.89 bits per heavy atom. The molecule has 0 saturated carbocycles. The maximum atomic E-state index is 12.6. The molecule has 3 saturated heterocycles. The monoisotopic (exact) mass is 648 g/mol. The molecule has 6 rings (SSSR count). The van der Waals surface area contributed by atoms with Crippen molar-refractivity contribution in [3.63, 3.8) is 0 Å². The Morgan fingerprint density at radius 1 is 1.15 bits per heavy atom. The number of aromatic nitrogens is 3. The van der Waals surface area contributed by atoms with Crippen molar-refractivity contribution in [2.45, 2.75) is 76.7 Å². The highest BCUT2D eigenvalue weighted by atomic mass is 32.2. The van der Waals surface area contributed by atoms with E-state index in [4.69, 9.17) is 9.97 Å². The molecule has 2 aromatic heterocycles. The van der Waals surface area contributed by atoms with E-state index < -0.39 is 15.6 Å². The highest BCUT2D eigenvalue weighted by Crippen LogP contribution is 2.43. The zero-order chi connectivity index (χ0) is 33.0. The van der Waals surface area contributed by atoms with Crippen LogP contribution in [0.3, 0.4) is 0 Å². The second kappa shape index (κ2) is 12.1. The average Bonchev–Trinajstić information content (AvgIpc) is 2.98. The quantitative estimate of drug-likeness (QED) is 0.330. The molecule has 3 aliphatic rings. The molecule has 12 nitrogen and oxygen atoms in total. The molecule has 3 aliphatic heterocycles. The van der Waals surface area contributed by atoms with Gasteiger partial charge in [-0.25, -0.2) is 18.4 Å². The number of benzene rings is 1. The molecular weight excluding hydrogens is 604 g/mol. The fourth-order valence-corrected chi connectivity index (χ4v) is 8.55. The number of nitrogens with zero attached hydrogens (tertiary/aromatic N) is 7. The summed E-state index contributed by atoms with van der Waals surface area (Å²) in [5, 5.41) is 15.6. The third-order valence-corrected chi connectivity index (χ3v) is 11.2. The molecule has 0 spiro atoms. The van der Waals surface area contributed by atoms with Crippen LogP contribution in [-0.2, 0) is 14.8 Å². The molecule has 46 heavy (non-hydrogen) atoms. The third-order valence-electron chi connectivity index (χ3n) is 9.73.